The summed E-state index contributed by atoms with van der Waals surface area (Å²) in [6.45, 7) is 1.77. The molecule has 0 fully saturated rings. The van der Waals surface area contributed by atoms with Gasteiger partial charge in [-0.15, -0.1) is 10.2 Å². The van der Waals surface area contributed by atoms with Crippen molar-refractivity contribution >= 4 is 29.1 Å². The summed E-state index contributed by atoms with van der Waals surface area (Å²) in [5.74, 6) is 6.37. The van der Waals surface area contributed by atoms with E-state index in [4.69, 9.17) is 23.2 Å². The standard InChI is InChI=1S/C9H10ClN5S/c1-5-13-14-9(15(5)12)16-8-6(10)3-2-4-7(8)11/h2-4H,11-12H2,1H3. The van der Waals surface area contributed by atoms with Gasteiger partial charge in [-0.1, -0.05) is 17.7 Å². The Bertz CT molecular complexity index is 504. The average molecular weight is 256 g/mol. The fourth-order valence-corrected chi connectivity index (χ4v) is 2.29. The lowest BCUT2D eigenvalue weighted by Crippen LogP contribution is -2.11. The van der Waals surface area contributed by atoms with Gasteiger partial charge in [-0.2, -0.15) is 0 Å². The van der Waals surface area contributed by atoms with Crippen LogP contribution in [0.1, 0.15) is 5.82 Å². The van der Waals surface area contributed by atoms with E-state index < -0.39 is 0 Å². The predicted octanol–water partition coefficient (Wildman–Crippen LogP) is 1.69. The van der Waals surface area contributed by atoms with E-state index in [2.05, 4.69) is 10.2 Å². The summed E-state index contributed by atoms with van der Waals surface area (Å²) in [5.41, 5.74) is 6.42. The molecule has 0 atom stereocenters. The van der Waals surface area contributed by atoms with Crippen molar-refractivity contribution in [2.45, 2.75) is 17.0 Å². The molecule has 0 spiro atoms. The van der Waals surface area contributed by atoms with Gasteiger partial charge in [0, 0.05) is 5.69 Å². The molecule has 84 valence electrons. The molecular formula is C9H10ClN5S. The number of aryl methyl sites for hydroxylation is 1. The van der Waals surface area contributed by atoms with Crippen LogP contribution in [0.15, 0.2) is 28.3 Å². The van der Waals surface area contributed by atoms with Crippen LogP contribution < -0.4 is 11.6 Å². The fraction of sp³-hybridized carbons (Fsp3) is 0.111. The summed E-state index contributed by atoms with van der Waals surface area (Å²) >= 11 is 7.34. The third-order valence-corrected chi connectivity index (χ3v) is 3.57. The highest BCUT2D eigenvalue weighted by Crippen LogP contribution is 2.36. The fourth-order valence-electron chi connectivity index (χ4n) is 1.14. The van der Waals surface area contributed by atoms with Crippen LogP contribution in [0.3, 0.4) is 0 Å². The van der Waals surface area contributed by atoms with Crippen LogP contribution in [-0.2, 0) is 0 Å². The number of nitrogen functional groups attached to an aromatic ring is 2. The monoisotopic (exact) mass is 255 g/mol. The Morgan fingerprint density at radius 3 is 2.69 bits per heavy atom. The Morgan fingerprint density at radius 2 is 2.12 bits per heavy atom. The molecule has 5 nitrogen and oxygen atoms in total. The maximum atomic E-state index is 6.04. The van der Waals surface area contributed by atoms with Gasteiger partial charge in [-0.05, 0) is 30.8 Å². The maximum Gasteiger partial charge on any atom is 0.214 e. The van der Waals surface area contributed by atoms with Crippen molar-refractivity contribution in [1.29, 1.82) is 0 Å². The van der Waals surface area contributed by atoms with E-state index in [1.165, 1.54) is 16.4 Å². The number of nitrogens with two attached hydrogens (primary N) is 2. The summed E-state index contributed by atoms with van der Waals surface area (Å²) in [7, 11) is 0. The number of nitrogens with zero attached hydrogens (tertiary/aromatic N) is 3. The molecule has 0 amide bonds. The van der Waals surface area contributed by atoms with Crippen LogP contribution in [-0.4, -0.2) is 14.9 Å². The smallest absolute Gasteiger partial charge is 0.214 e. The molecule has 0 unspecified atom stereocenters. The highest BCUT2D eigenvalue weighted by molar-refractivity contribution is 7.99. The topological polar surface area (TPSA) is 82.8 Å². The average Bonchev–Trinajstić information content (AvgIpc) is 2.55. The number of halogens is 1. The minimum atomic E-state index is 0.553. The SMILES string of the molecule is Cc1nnc(Sc2c(N)cccc2Cl)n1N. The minimum absolute atomic E-state index is 0.553. The zero-order valence-electron chi connectivity index (χ0n) is 8.51. The summed E-state index contributed by atoms with van der Waals surface area (Å²) in [6.07, 6.45) is 0. The number of benzene rings is 1. The van der Waals surface area contributed by atoms with Gasteiger partial charge in [-0.25, -0.2) is 4.68 Å². The molecule has 2 aromatic rings. The van der Waals surface area contributed by atoms with E-state index in [0.29, 0.717) is 21.7 Å². The zero-order valence-corrected chi connectivity index (χ0v) is 10.1. The molecule has 1 aromatic heterocycles. The second-order valence-electron chi connectivity index (χ2n) is 3.16. The molecule has 1 aromatic carbocycles. The van der Waals surface area contributed by atoms with E-state index in [1.54, 1.807) is 25.1 Å². The Hall–Kier alpha value is -1.40. The van der Waals surface area contributed by atoms with Crippen molar-refractivity contribution < 1.29 is 0 Å². The van der Waals surface area contributed by atoms with Gasteiger partial charge in [0.2, 0.25) is 5.16 Å². The van der Waals surface area contributed by atoms with Crippen LogP contribution in [0.25, 0.3) is 0 Å². The van der Waals surface area contributed by atoms with Gasteiger partial charge in [0.1, 0.15) is 5.82 Å². The Kier molecular flexibility index (Phi) is 2.93. The number of anilines is 1. The summed E-state index contributed by atoms with van der Waals surface area (Å²) in [5, 5.41) is 8.91. The quantitative estimate of drug-likeness (QED) is 0.630. The molecule has 0 aliphatic heterocycles. The third-order valence-electron chi connectivity index (χ3n) is 2.03. The van der Waals surface area contributed by atoms with Crippen molar-refractivity contribution in [1.82, 2.24) is 14.9 Å². The van der Waals surface area contributed by atoms with Gasteiger partial charge < -0.3 is 11.6 Å². The van der Waals surface area contributed by atoms with Gasteiger partial charge in [-0.3, -0.25) is 0 Å². The van der Waals surface area contributed by atoms with Crippen molar-refractivity contribution in [2.24, 2.45) is 0 Å². The third kappa shape index (κ3) is 1.94. The first-order chi connectivity index (χ1) is 7.59. The minimum Gasteiger partial charge on any atom is -0.398 e. The van der Waals surface area contributed by atoms with E-state index in [-0.39, 0.29) is 0 Å². The summed E-state index contributed by atoms with van der Waals surface area (Å²) < 4.78 is 1.40. The Labute approximate surface area is 102 Å². The molecule has 7 heteroatoms. The summed E-state index contributed by atoms with van der Waals surface area (Å²) in [4.78, 5) is 0.739. The first-order valence-corrected chi connectivity index (χ1v) is 5.68. The van der Waals surface area contributed by atoms with Gasteiger partial charge in [0.15, 0.2) is 0 Å². The lowest BCUT2D eigenvalue weighted by molar-refractivity contribution is 0.825. The molecule has 0 saturated heterocycles. The van der Waals surface area contributed by atoms with E-state index in [9.17, 15) is 0 Å². The van der Waals surface area contributed by atoms with Crippen LogP contribution in [0.5, 0.6) is 0 Å². The van der Waals surface area contributed by atoms with Crippen molar-refractivity contribution in [3.8, 4) is 0 Å². The molecule has 0 bridgehead atoms. The molecule has 2 rings (SSSR count). The first-order valence-electron chi connectivity index (χ1n) is 4.48. The van der Waals surface area contributed by atoms with Crippen molar-refractivity contribution in [2.75, 3.05) is 11.6 Å². The molecule has 1 heterocycles. The summed E-state index contributed by atoms with van der Waals surface area (Å²) in [6, 6.07) is 5.34. The number of rotatable bonds is 2. The molecule has 4 N–H and O–H groups in total. The van der Waals surface area contributed by atoms with Crippen LogP contribution in [0.2, 0.25) is 5.02 Å². The van der Waals surface area contributed by atoms with E-state index >= 15 is 0 Å². The molecule has 0 aliphatic carbocycles. The zero-order chi connectivity index (χ0) is 11.7. The van der Waals surface area contributed by atoms with Crippen LogP contribution in [0, 0.1) is 6.92 Å². The Morgan fingerprint density at radius 1 is 1.38 bits per heavy atom. The van der Waals surface area contributed by atoms with E-state index in [0.717, 1.165) is 4.90 Å². The largest absolute Gasteiger partial charge is 0.398 e. The van der Waals surface area contributed by atoms with Gasteiger partial charge in [0.05, 0.1) is 9.92 Å². The second-order valence-corrected chi connectivity index (χ2v) is 4.54. The van der Waals surface area contributed by atoms with Crippen LogP contribution in [0.4, 0.5) is 5.69 Å². The molecule has 0 radical (unpaired) electrons. The highest BCUT2D eigenvalue weighted by atomic mass is 35.5. The molecule has 0 saturated carbocycles. The van der Waals surface area contributed by atoms with Crippen molar-refractivity contribution in [3.05, 3.63) is 29.0 Å². The van der Waals surface area contributed by atoms with E-state index in [1.807, 2.05) is 0 Å². The maximum absolute atomic E-state index is 6.04. The molecular weight excluding hydrogens is 246 g/mol. The molecule has 0 aliphatic rings. The van der Waals surface area contributed by atoms with Gasteiger partial charge in [0.25, 0.3) is 0 Å². The first kappa shape index (κ1) is 11.1. The van der Waals surface area contributed by atoms with Gasteiger partial charge >= 0.3 is 0 Å². The normalized spacial score (nSPS) is 10.6. The second kappa shape index (κ2) is 4.23. The Balaban J connectivity index is 2.38. The lowest BCUT2D eigenvalue weighted by atomic mass is 10.3. The number of aromatic nitrogens is 3. The van der Waals surface area contributed by atoms with Crippen molar-refractivity contribution in [3.63, 3.8) is 0 Å². The highest BCUT2D eigenvalue weighted by Gasteiger charge is 2.12. The lowest BCUT2D eigenvalue weighted by Gasteiger charge is -2.06. The number of hydrogen-bond donors (Lipinski definition) is 2. The van der Waals surface area contributed by atoms with Crippen LogP contribution >= 0.6 is 23.4 Å². The predicted molar refractivity (Wildman–Crippen MR) is 64.9 cm³/mol. The molecule has 16 heavy (non-hydrogen) atoms. The number of hydrogen-bond acceptors (Lipinski definition) is 5.